The van der Waals surface area contributed by atoms with Crippen molar-refractivity contribution < 1.29 is 14.4 Å². The first-order valence-electron chi connectivity index (χ1n) is 9.32. The maximum atomic E-state index is 13.4. The van der Waals surface area contributed by atoms with E-state index in [-0.39, 0.29) is 23.9 Å². The number of nitrogens with zero attached hydrogens (tertiary/aromatic N) is 5. The molecule has 10 heteroatoms. The summed E-state index contributed by atoms with van der Waals surface area (Å²) in [4.78, 5) is 22.3. The molecular formula is C19H18ClN5O4. The third kappa shape index (κ3) is 2.77. The van der Waals surface area contributed by atoms with Gasteiger partial charge in [-0.2, -0.15) is 4.98 Å². The molecule has 1 fully saturated rings. The number of rotatable bonds is 4. The predicted molar refractivity (Wildman–Crippen MR) is 105 cm³/mol. The third-order valence-corrected chi connectivity index (χ3v) is 5.60. The number of ether oxygens (including phenoxy) is 1. The van der Waals surface area contributed by atoms with Gasteiger partial charge in [0.2, 0.25) is 11.7 Å². The zero-order valence-electron chi connectivity index (χ0n) is 15.6. The Morgan fingerprint density at radius 3 is 3.00 bits per heavy atom. The van der Waals surface area contributed by atoms with Gasteiger partial charge in [0.05, 0.1) is 41.2 Å². The van der Waals surface area contributed by atoms with Crippen molar-refractivity contribution in [2.45, 2.75) is 25.3 Å². The minimum Gasteiger partial charge on any atom is -0.394 e. The second-order valence-electron chi connectivity index (χ2n) is 7.14. The van der Waals surface area contributed by atoms with Crippen molar-refractivity contribution in [3.8, 4) is 11.5 Å². The lowest BCUT2D eigenvalue weighted by Gasteiger charge is -2.18. The van der Waals surface area contributed by atoms with Crippen molar-refractivity contribution in [2.24, 2.45) is 0 Å². The van der Waals surface area contributed by atoms with Crippen LogP contribution in [-0.2, 0) is 4.74 Å². The van der Waals surface area contributed by atoms with Crippen molar-refractivity contribution in [2.75, 3.05) is 19.8 Å². The van der Waals surface area contributed by atoms with Crippen molar-refractivity contribution in [3.63, 3.8) is 0 Å². The van der Waals surface area contributed by atoms with Gasteiger partial charge in [0.25, 0.3) is 5.56 Å². The Labute approximate surface area is 169 Å². The van der Waals surface area contributed by atoms with Crippen LogP contribution in [0.25, 0.3) is 28.1 Å². The fourth-order valence-electron chi connectivity index (χ4n) is 3.78. The summed E-state index contributed by atoms with van der Waals surface area (Å²) >= 11 is 6.41. The van der Waals surface area contributed by atoms with Crippen LogP contribution in [0.2, 0.25) is 5.02 Å². The van der Waals surface area contributed by atoms with Gasteiger partial charge in [-0.25, -0.2) is 4.98 Å². The minimum absolute atomic E-state index is 0.0517. The number of benzene rings is 1. The molecule has 1 aromatic carbocycles. The van der Waals surface area contributed by atoms with Gasteiger partial charge in [0.1, 0.15) is 17.5 Å². The van der Waals surface area contributed by atoms with Gasteiger partial charge in [0.15, 0.2) is 0 Å². The second kappa shape index (κ2) is 6.94. The summed E-state index contributed by atoms with van der Waals surface area (Å²) in [5.41, 5.74) is 1.52. The fraction of sp³-hybridized carbons (Fsp3) is 0.368. The van der Waals surface area contributed by atoms with Gasteiger partial charge < -0.3 is 14.4 Å². The fourth-order valence-corrected chi connectivity index (χ4v) is 4.04. The van der Waals surface area contributed by atoms with Crippen molar-refractivity contribution in [3.05, 3.63) is 45.8 Å². The van der Waals surface area contributed by atoms with E-state index < -0.39 is 6.04 Å². The molecule has 1 saturated heterocycles. The van der Waals surface area contributed by atoms with Crippen LogP contribution in [0, 0.1) is 0 Å². The lowest BCUT2D eigenvalue weighted by Crippen LogP contribution is -2.27. The van der Waals surface area contributed by atoms with E-state index in [9.17, 15) is 9.90 Å². The Kier molecular flexibility index (Phi) is 4.38. The van der Waals surface area contributed by atoms with E-state index in [0.29, 0.717) is 46.4 Å². The highest BCUT2D eigenvalue weighted by molar-refractivity contribution is 6.35. The van der Waals surface area contributed by atoms with Gasteiger partial charge in [-0.3, -0.25) is 13.8 Å². The summed E-state index contributed by atoms with van der Waals surface area (Å²) in [5.74, 6) is 0.776. The van der Waals surface area contributed by atoms with Crippen molar-refractivity contribution in [1.29, 1.82) is 0 Å². The average molecular weight is 416 g/mol. The number of aromatic nitrogens is 5. The first kappa shape index (κ1) is 18.3. The van der Waals surface area contributed by atoms with Crippen LogP contribution in [0.15, 0.2) is 33.8 Å². The Bertz CT molecular complexity index is 1270. The maximum absolute atomic E-state index is 13.4. The van der Waals surface area contributed by atoms with Gasteiger partial charge in [-0.05, 0) is 25.5 Å². The van der Waals surface area contributed by atoms with Crippen molar-refractivity contribution in [1.82, 2.24) is 24.1 Å². The first-order valence-corrected chi connectivity index (χ1v) is 9.70. The zero-order valence-corrected chi connectivity index (χ0v) is 16.3. The monoisotopic (exact) mass is 415 g/mol. The molecule has 1 aliphatic rings. The van der Waals surface area contributed by atoms with Crippen LogP contribution in [0.4, 0.5) is 0 Å². The Morgan fingerprint density at radius 1 is 1.38 bits per heavy atom. The molecule has 0 spiro atoms. The van der Waals surface area contributed by atoms with E-state index >= 15 is 0 Å². The first-order chi connectivity index (χ1) is 14.1. The van der Waals surface area contributed by atoms with Gasteiger partial charge in [-0.15, -0.1) is 0 Å². The van der Waals surface area contributed by atoms with E-state index in [0.717, 1.165) is 6.42 Å². The molecule has 0 bridgehead atoms. The molecule has 0 saturated carbocycles. The lowest BCUT2D eigenvalue weighted by atomic mass is 10.1. The van der Waals surface area contributed by atoms with Crippen LogP contribution in [0.1, 0.15) is 31.2 Å². The van der Waals surface area contributed by atoms with E-state index in [1.807, 2.05) is 6.07 Å². The van der Waals surface area contributed by atoms with E-state index in [4.69, 9.17) is 20.9 Å². The summed E-state index contributed by atoms with van der Waals surface area (Å²) in [6.45, 7) is 2.74. The number of imidazole rings is 1. The van der Waals surface area contributed by atoms with Gasteiger partial charge >= 0.3 is 0 Å². The SMILES string of the molecule is CC(CO)n1c(=O)c2c(-c3noc(C4CCOC4)n3)ncn2c2cccc(Cl)c21. The number of aliphatic hydroxyl groups excluding tert-OH is 1. The normalized spacial score (nSPS) is 18.1. The van der Waals surface area contributed by atoms with Crippen LogP contribution in [0.3, 0.4) is 0 Å². The molecule has 0 aliphatic carbocycles. The Morgan fingerprint density at radius 2 is 2.24 bits per heavy atom. The molecule has 29 heavy (non-hydrogen) atoms. The number of halogens is 1. The molecule has 150 valence electrons. The van der Waals surface area contributed by atoms with Crippen LogP contribution in [-0.4, -0.2) is 49.0 Å². The highest BCUT2D eigenvalue weighted by atomic mass is 35.5. The number of aliphatic hydroxyl groups is 1. The minimum atomic E-state index is -0.478. The quantitative estimate of drug-likeness (QED) is 0.545. The summed E-state index contributed by atoms with van der Waals surface area (Å²) in [6, 6.07) is 4.88. The Balaban J connectivity index is 1.78. The molecular weight excluding hydrogens is 398 g/mol. The maximum Gasteiger partial charge on any atom is 0.278 e. The van der Waals surface area contributed by atoms with Crippen LogP contribution >= 0.6 is 11.6 Å². The van der Waals surface area contributed by atoms with E-state index in [2.05, 4.69) is 15.1 Å². The molecule has 9 nitrogen and oxygen atoms in total. The van der Waals surface area contributed by atoms with E-state index in [1.165, 1.54) is 4.57 Å². The largest absolute Gasteiger partial charge is 0.394 e. The Hall–Kier alpha value is -2.75. The lowest BCUT2D eigenvalue weighted by molar-refractivity contribution is 0.189. The molecule has 4 aromatic rings. The highest BCUT2D eigenvalue weighted by Gasteiger charge is 2.27. The third-order valence-electron chi connectivity index (χ3n) is 5.29. The van der Waals surface area contributed by atoms with Crippen LogP contribution < -0.4 is 5.56 Å². The summed E-state index contributed by atoms with van der Waals surface area (Å²) in [6.07, 6.45) is 2.36. The molecule has 1 N–H and O–H groups in total. The predicted octanol–water partition coefficient (Wildman–Crippen LogP) is 2.41. The molecule has 2 unspecified atom stereocenters. The van der Waals surface area contributed by atoms with Gasteiger partial charge in [0, 0.05) is 6.61 Å². The van der Waals surface area contributed by atoms with Crippen molar-refractivity contribution >= 4 is 28.2 Å². The summed E-state index contributed by atoms with van der Waals surface area (Å²) in [5, 5.41) is 14.2. The smallest absolute Gasteiger partial charge is 0.278 e. The van der Waals surface area contributed by atoms with E-state index in [1.54, 1.807) is 29.8 Å². The standard InChI is InChI=1S/C19H18ClN5O4/c1-10(7-26)25-15-12(20)3-2-4-13(15)24-9-21-14(16(24)19(25)27)17-22-18(29-23-17)11-5-6-28-8-11/h2-4,9-11,26H,5-8H2,1H3. The molecule has 2 atom stereocenters. The second-order valence-corrected chi connectivity index (χ2v) is 7.55. The summed E-state index contributed by atoms with van der Waals surface area (Å²) < 4.78 is 13.9. The average Bonchev–Trinajstić information content (AvgIpc) is 3.47. The topological polar surface area (TPSA) is 108 Å². The number of para-hydroxylation sites is 1. The zero-order chi connectivity index (χ0) is 20.1. The molecule has 0 radical (unpaired) electrons. The van der Waals surface area contributed by atoms with Gasteiger partial charge in [-0.1, -0.05) is 22.8 Å². The molecule has 4 heterocycles. The number of hydrogen-bond donors (Lipinski definition) is 1. The molecule has 1 aliphatic heterocycles. The highest BCUT2D eigenvalue weighted by Crippen LogP contribution is 2.30. The molecule has 0 amide bonds. The molecule has 5 rings (SSSR count). The molecule has 3 aromatic heterocycles. The van der Waals surface area contributed by atoms with Crippen LogP contribution in [0.5, 0.6) is 0 Å². The number of hydrogen-bond acceptors (Lipinski definition) is 7. The number of fused-ring (bicyclic) bond motifs is 3. The summed E-state index contributed by atoms with van der Waals surface area (Å²) in [7, 11) is 0.